The van der Waals surface area contributed by atoms with Gasteiger partial charge in [0, 0.05) is 33.2 Å². The Morgan fingerprint density at radius 2 is 1.91 bits per heavy atom. The minimum Gasteiger partial charge on any atom is -0.376 e. The topological polar surface area (TPSA) is 101 Å². The first-order chi connectivity index (χ1) is 15.8. The summed E-state index contributed by atoms with van der Waals surface area (Å²) in [6.07, 6.45) is 1.70. The van der Waals surface area contributed by atoms with Crippen LogP contribution in [0, 0.1) is 6.92 Å². The van der Waals surface area contributed by atoms with Crippen LogP contribution < -0.4 is 16.1 Å². The number of hydrogen-bond donors (Lipinski definition) is 3. The van der Waals surface area contributed by atoms with Gasteiger partial charge in [-0.3, -0.25) is 19.8 Å². The van der Waals surface area contributed by atoms with Crippen molar-refractivity contribution in [3.63, 3.8) is 0 Å². The number of carbonyl (C=O) groups excluding carboxylic acids is 3. The summed E-state index contributed by atoms with van der Waals surface area (Å²) in [5.41, 5.74) is 4.90. The van der Waals surface area contributed by atoms with Crippen LogP contribution in [0.5, 0.6) is 0 Å². The number of anilines is 1. The third kappa shape index (κ3) is 5.45. The molecule has 3 N–H and O–H groups in total. The minimum atomic E-state index is -0.873. The number of amides is 3. The molecule has 1 saturated heterocycles. The van der Waals surface area contributed by atoms with Crippen molar-refractivity contribution in [2.24, 2.45) is 0 Å². The average molecular weight is 578 g/mol. The van der Waals surface area contributed by atoms with Crippen LogP contribution >= 0.6 is 31.9 Å². The summed E-state index contributed by atoms with van der Waals surface area (Å²) >= 11 is 6.86. The lowest BCUT2D eigenvalue weighted by atomic mass is 10.2. The van der Waals surface area contributed by atoms with Crippen molar-refractivity contribution in [1.82, 2.24) is 9.99 Å². The lowest BCUT2D eigenvalue weighted by Gasteiger charge is -2.14. The molecule has 0 saturated carbocycles. The number of aryl methyl sites for hydroxylation is 1. The van der Waals surface area contributed by atoms with Gasteiger partial charge in [-0.2, -0.15) is 0 Å². The van der Waals surface area contributed by atoms with E-state index >= 15 is 0 Å². The summed E-state index contributed by atoms with van der Waals surface area (Å²) in [5, 5.41) is 6.16. The van der Waals surface area contributed by atoms with Gasteiger partial charge >= 0.3 is 11.8 Å². The van der Waals surface area contributed by atoms with E-state index in [2.05, 4.69) is 47.9 Å². The quantitative estimate of drug-likeness (QED) is 0.398. The van der Waals surface area contributed by atoms with E-state index in [1.807, 2.05) is 25.1 Å². The largest absolute Gasteiger partial charge is 0.376 e. The fourth-order valence-electron chi connectivity index (χ4n) is 3.64. The molecule has 1 aromatic heterocycles. The Labute approximate surface area is 207 Å². The van der Waals surface area contributed by atoms with E-state index in [1.165, 1.54) is 4.68 Å². The first-order valence-electron chi connectivity index (χ1n) is 10.4. The van der Waals surface area contributed by atoms with Crippen LogP contribution in [0.15, 0.2) is 51.4 Å². The third-order valence-corrected chi connectivity index (χ3v) is 6.73. The molecule has 1 aliphatic rings. The van der Waals surface area contributed by atoms with Crippen molar-refractivity contribution in [2.45, 2.75) is 25.9 Å². The van der Waals surface area contributed by atoms with E-state index in [0.29, 0.717) is 17.8 Å². The average Bonchev–Trinajstić information content (AvgIpc) is 3.42. The fourth-order valence-corrected chi connectivity index (χ4v) is 4.26. The number of hydrogen-bond acceptors (Lipinski definition) is 4. The maximum atomic E-state index is 13.1. The first-order valence-corrected chi connectivity index (χ1v) is 12.0. The molecule has 2 aromatic carbocycles. The number of fused-ring (bicyclic) bond motifs is 1. The van der Waals surface area contributed by atoms with Crippen LogP contribution in [0.1, 0.15) is 28.9 Å². The molecular formula is C23H22Br2N4O4. The molecule has 1 fully saturated rings. The van der Waals surface area contributed by atoms with Crippen molar-refractivity contribution in [3.8, 4) is 0 Å². The third-order valence-electron chi connectivity index (χ3n) is 5.35. The minimum absolute atomic E-state index is 0.0813. The zero-order valence-corrected chi connectivity index (χ0v) is 21.0. The highest BCUT2D eigenvalue weighted by molar-refractivity contribution is 9.10. The molecule has 8 nitrogen and oxygen atoms in total. The van der Waals surface area contributed by atoms with Gasteiger partial charge in [-0.05, 0) is 67.8 Å². The Balaban J connectivity index is 1.57. The molecule has 10 heteroatoms. The summed E-state index contributed by atoms with van der Waals surface area (Å²) in [6, 6.07) is 12.5. The van der Waals surface area contributed by atoms with Crippen LogP contribution in [0.25, 0.3) is 10.9 Å². The molecule has 33 heavy (non-hydrogen) atoms. The van der Waals surface area contributed by atoms with Crippen LogP contribution in [0.3, 0.4) is 0 Å². The molecule has 0 aliphatic carbocycles. The van der Waals surface area contributed by atoms with Crippen LogP contribution in [0.4, 0.5) is 5.69 Å². The predicted octanol–water partition coefficient (Wildman–Crippen LogP) is 4.09. The fraction of sp³-hybridized carbons (Fsp3) is 0.261. The Morgan fingerprint density at radius 1 is 1.09 bits per heavy atom. The normalized spacial score (nSPS) is 15.4. The van der Waals surface area contributed by atoms with Gasteiger partial charge in [0.25, 0.3) is 5.91 Å². The zero-order chi connectivity index (χ0) is 23.5. The molecule has 3 amide bonds. The SMILES string of the molecule is Cc1cc(NC(=O)c2cc3cc(Br)ccc3n2NC(=O)C(=O)NC[C@@H]2CCCO2)ccc1Br. The van der Waals surface area contributed by atoms with Crippen molar-refractivity contribution >= 4 is 66.2 Å². The monoisotopic (exact) mass is 576 g/mol. The van der Waals surface area contributed by atoms with Gasteiger partial charge in [-0.25, -0.2) is 4.68 Å². The number of rotatable bonds is 5. The Bertz CT molecular complexity index is 1230. The summed E-state index contributed by atoms with van der Waals surface area (Å²) in [4.78, 5) is 38.1. The first kappa shape index (κ1) is 23.5. The molecule has 1 aliphatic heterocycles. The summed E-state index contributed by atoms with van der Waals surface area (Å²) in [7, 11) is 0. The Morgan fingerprint density at radius 3 is 2.64 bits per heavy atom. The molecule has 172 valence electrons. The maximum Gasteiger partial charge on any atom is 0.328 e. The van der Waals surface area contributed by atoms with Gasteiger partial charge in [-0.1, -0.05) is 31.9 Å². The number of carbonyl (C=O) groups is 3. The molecule has 0 bridgehead atoms. The molecule has 0 unspecified atom stereocenters. The highest BCUT2D eigenvalue weighted by Crippen LogP contribution is 2.25. The number of nitrogens with zero attached hydrogens (tertiary/aromatic N) is 1. The lowest BCUT2D eigenvalue weighted by Crippen LogP contribution is -2.42. The van der Waals surface area contributed by atoms with Crippen LogP contribution in [0.2, 0.25) is 0 Å². The Hall–Kier alpha value is -2.69. The van der Waals surface area contributed by atoms with Crippen molar-refractivity contribution in [3.05, 3.63) is 62.7 Å². The molecule has 3 aromatic rings. The second-order valence-corrected chi connectivity index (χ2v) is 9.54. The van der Waals surface area contributed by atoms with Crippen LogP contribution in [-0.2, 0) is 14.3 Å². The number of benzene rings is 2. The highest BCUT2D eigenvalue weighted by atomic mass is 79.9. The highest BCUT2D eigenvalue weighted by Gasteiger charge is 2.23. The second kappa shape index (κ2) is 10.1. The predicted molar refractivity (Wildman–Crippen MR) is 133 cm³/mol. The summed E-state index contributed by atoms with van der Waals surface area (Å²) in [6.45, 7) is 2.85. The zero-order valence-electron chi connectivity index (χ0n) is 17.8. The number of nitrogens with one attached hydrogen (secondary N) is 3. The van der Waals surface area contributed by atoms with E-state index in [4.69, 9.17) is 4.74 Å². The van der Waals surface area contributed by atoms with E-state index in [9.17, 15) is 14.4 Å². The summed E-state index contributed by atoms with van der Waals surface area (Å²) in [5.74, 6) is -2.09. The van der Waals surface area contributed by atoms with Gasteiger partial charge in [-0.15, -0.1) is 0 Å². The molecule has 4 rings (SSSR count). The van der Waals surface area contributed by atoms with E-state index in [-0.39, 0.29) is 18.3 Å². The smallest absolute Gasteiger partial charge is 0.328 e. The molecular weight excluding hydrogens is 556 g/mol. The Kier molecular flexibility index (Phi) is 7.16. The second-order valence-electron chi connectivity index (χ2n) is 7.77. The standard InChI is InChI=1S/C23H22Br2N4O4/c1-13-9-16(5-6-18(13)25)27-21(30)20-11-14-10-15(24)4-7-19(14)29(20)28-23(32)22(31)26-12-17-3-2-8-33-17/h4-7,9-11,17H,2-3,8,12H2,1H3,(H,26,31)(H,27,30)(H,28,32)/t17-/m0/s1. The van der Waals surface area contributed by atoms with Gasteiger partial charge in [0.2, 0.25) is 0 Å². The molecule has 0 spiro atoms. The number of aromatic nitrogens is 1. The van der Waals surface area contributed by atoms with Crippen molar-refractivity contribution in [2.75, 3.05) is 23.9 Å². The van der Waals surface area contributed by atoms with Crippen molar-refractivity contribution in [1.29, 1.82) is 0 Å². The molecule has 0 radical (unpaired) electrons. The molecule has 2 heterocycles. The van der Waals surface area contributed by atoms with Crippen molar-refractivity contribution < 1.29 is 19.1 Å². The van der Waals surface area contributed by atoms with Gasteiger partial charge in [0.15, 0.2) is 0 Å². The van der Waals surface area contributed by atoms with Gasteiger partial charge < -0.3 is 15.4 Å². The van der Waals surface area contributed by atoms with Crippen LogP contribution in [-0.4, -0.2) is 41.7 Å². The lowest BCUT2D eigenvalue weighted by molar-refractivity contribution is -0.136. The maximum absolute atomic E-state index is 13.1. The van der Waals surface area contributed by atoms with E-state index in [1.54, 1.807) is 24.3 Å². The van der Waals surface area contributed by atoms with E-state index in [0.717, 1.165) is 32.7 Å². The summed E-state index contributed by atoms with van der Waals surface area (Å²) < 4.78 is 8.55. The molecule has 1 atom stereocenters. The van der Waals surface area contributed by atoms with Gasteiger partial charge in [0.1, 0.15) is 5.69 Å². The van der Waals surface area contributed by atoms with E-state index < -0.39 is 17.7 Å². The number of ether oxygens (including phenoxy) is 1. The number of halogens is 2. The van der Waals surface area contributed by atoms with Gasteiger partial charge in [0.05, 0.1) is 11.6 Å².